The zero-order valence-electron chi connectivity index (χ0n) is 10.8. The summed E-state index contributed by atoms with van der Waals surface area (Å²) in [7, 11) is 0. The summed E-state index contributed by atoms with van der Waals surface area (Å²) in [6.45, 7) is 2.87. The van der Waals surface area contributed by atoms with Gasteiger partial charge >= 0.3 is 0 Å². The zero-order chi connectivity index (χ0) is 13.8. The number of nitro benzene ring substituents is 1. The van der Waals surface area contributed by atoms with Gasteiger partial charge < -0.3 is 4.90 Å². The highest BCUT2D eigenvalue weighted by molar-refractivity contribution is 9.10. The third kappa shape index (κ3) is 3.42. The highest BCUT2D eigenvalue weighted by Gasteiger charge is 2.26. The van der Waals surface area contributed by atoms with Crippen LogP contribution in [0.1, 0.15) is 19.8 Å². The Bertz CT molecular complexity index is 464. The van der Waals surface area contributed by atoms with Crippen LogP contribution in [0.3, 0.4) is 0 Å². The molecule has 0 aliphatic carbocycles. The van der Waals surface area contributed by atoms with E-state index in [1.807, 2.05) is 23.9 Å². The molecule has 4 nitrogen and oxygen atoms in total. The molecule has 1 aromatic rings. The molecule has 0 atom stereocenters. The van der Waals surface area contributed by atoms with E-state index in [9.17, 15) is 10.1 Å². The van der Waals surface area contributed by atoms with Gasteiger partial charge in [0.25, 0.3) is 5.69 Å². The van der Waals surface area contributed by atoms with Crippen molar-refractivity contribution in [3.8, 4) is 0 Å². The number of benzene rings is 1. The molecule has 1 saturated heterocycles. The lowest BCUT2D eigenvalue weighted by atomic mass is 10.1. The Hall–Kier alpha value is -0.750. The minimum absolute atomic E-state index is 0.189. The van der Waals surface area contributed by atoms with Crippen molar-refractivity contribution in [3.63, 3.8) is 0 Å². The van der Waals surface area contributed by atoms with Crippen LogP contribution < -0.4 is 4.90 Å². The molecule has 1 heterocycles. The SMILES string of the molecule is CCN(c1ccc(Br)cc1[N+](=O)[O-])C1CCSCC1. The second kappa shape index (κ2) is 6.61. The van der Waals surface area contributed by atoms with Crippen LogP contribution in [0.5, 0.6) is 0 Å². The molecule has 6 heteroatoms. The molecule has 0 unspecified atom stereocenters. The number of anilines is 1. The molecule has 0 N–H and O–H groups in total. The van der Waals surface area contributed by atoms with Gasteiger partial charge in [-0.2, -0.15) is 11.8 Å². The van der Waals surface area contributed by atoms with E-state index in [0.717, 1.165) is 41.1 Å². The quantitative estimate of drug-likeness (QED) is 0.609. The average Bonchev–Trinajstić information content (AvgIpc) is 2.42. The Kier molecular flexibility index (Phi) is 5.10. The molecule has 0 spiro atoms. The Balaban J connectivity index is 2.34. The van der Waals surface area contributed by atoms with E-state index >= 15 is 0 Å². The third-order valence-corrected chi connectivity index (χ3v) is 4.96. The summed E-state index contributed by atoms with van der Waals surface area (Å²) in [6, 6.07) is 5.75. The summed E-state index contributed by atoms with van der Waals surface area (Å²) < 4.78 is 0.748. The van der Waals surface area contributed by atoms with E-state index in [0.29, 0.717) is 6.04 Å². The van der Waals surface area contributed by atoms with E-state index in [-0.39, 0.29) is 10.6 Å². The van der Waals surface area contributed by atoms with Crippen molar-refractivity contribution in [2.75, 3.05) is 23.0 Å². The molecular weight excluding hydrogens is 328 g/mol. The molecule has 1 aliphatic rings. The van der Waals surface area contributed by atoms with Gasteiger partial charge in [-0.15, -0.1) is 0 Å². The van der Waals surface area contributed by atoms with Crippen LogP contribution >= 0.6 is 27.7 Å². The molecule has 2 rings (SSSR count). The standard InChI is InChI=1S/C13H17BrN2O2S/c1-2-15(11-5-7-19-8-6-11)12-4-3-10(14)9-13(12)16(17)18/h3-4,9,11H,2,5-8H2,1H3. The van der Waals surface area contributed by atoms with Crippen LogP contribution in [0.15, 0.2) is 22.7 Å². The predicted molar refractivity (Wildman–Crippen MR) is 84.2 cm³/mol. The molecule has 0 radical (unpaired) electrons. The maximum absolute atomic E-state index is 11.2. The normalized spacial score (nSPS) is 16.3. The van der Waals surface area contributed by atoms with Crippen LogP contribution in [0.4, 0.5) is 11.4 Å². The highest BCUT2D eigenvalue weighted by Crippen LogP contribution is 2.34. The van der Waals surface area contributed by atoms with Crippen LogP contribution in [0, 0.1) is 10.1 Å². The van der Waals surface area contributed by atoms with Crippen molar-refractivity contribution in [1.82, 2.24) is 0 Å². The first kappa shape index (κ1) is 14.7. The molecule has 0 bridgehead atoms. The molecule has 0 saturated carbocycles. The van der Waals surface area contributed by atoms with E-state index in [1.54, 1.807) is 6.07 Å². The molecule has 19 heavy (non-hydrogen) atoms. The van der Waals surface area contributed by atoms with Gasteiger partial charge in [-0.3, -0.25) is 10.1 Å². The highest BCUT2D eigenvalue weighted by atomic mass is 79.9. The lowest BCUT2D eigenvalue weighted by Gasteiger charge is -2.34. The van der Waals surface area contributed by atoms with Crippen LogP contribution in [-0.4, -0.2) is 29.0 Å². The first-order valence-corrected chi connectivity index (χ1v) is 8.36. The fraction of sp³-hybridized carbons (Fsp3) is 0.538. The van der Waals surface area contributed by atoms with Crippen LogP contribution in [-0.2, 0) is 0 Å². The Morgan fingerprint density at radius 2 is 2.16 bits per heavy atom. The maximum atomic E-state index is 11.2. The number of nitrogens with zero attached hydrogens (tertiary/aromatic N) is 2. The molecule has 0 aromatic heterocycles. The molecule has 1 aliphatic heterocycles. The summed E-state index contributed by atoms with van der Waals surface area (Å²) >= 11 is 5.27. The van der Waals surface area contributed by atoms with Gasteiger partial charge in [0, 0.05) is 23.1 Å². The monoisotopic (exact) mass is 344 g/mol. The third-order valence-electron chi connectivity index (χ3n) is 3.42. The Morgan fingerprint density at radius 1 is 1.47 bits per heavy atom. The summed E-state index contributed by atoms with van der Waals surface area (Å²) in [4.78, 5) is 13.1. The van der Waals surface area contributed by atoms with Gasteiger partial charge in [-0.1, -0.05) is 15.9 Å². The average molecular weight is 345 g/mol. The fourth-order valence-corrected chi connectivity index (χ4v) is 3.94. The van der Waals surface area contributed by atoms with E-state index in [1.165, 1.54) is 0 Å². The summed E-state index contributed by atoms with van der Waals surface area (Å²) in [6.07, 6.45) is 2.21. The zero-order valence-corrected chi connectivity index (χ0v) is 13.2. The Morgan fingerprint density at radius 3 is 2.74 bits per heavy atom. The van der Waals surface area contributed by atoms with Gasteiger partial charge in [0.2, 0.25) is 0 Å². The predicted octanol–water partition coefficient (Wildman–Crippen LogP) is 4.08. The Labute approximate surface area is 125 Å². The smallest absolute Gasteiger partial charge is 0.293 e. The lowest BCUT2D eigenvalue weighted by Crippen LogP contribution is -2.38. The van der Waals surface area contributed by atoms with Gasteiger partial charge in [0.05, 0.1) is 4.92 Å². The van der Waals surface area contributed by atoms with E-state index in [2.05, 4.69) is 27.8 Å². The summed E-state index contributed by atoms with van der Waals surface area (Å²) in [5.41, 5.74) is 0.932. The van der Waals surface area contributed by atoms with Crippen molar-refractivity contribution >= 4 is 39.1 Å². The number of hydrogen-bond donors (Lipinski definition) is 0. The molecule has 104 valence electrons. The molecular formula is C13H17BrN2O2S. The number of halogens is 1. The molecule has 1 aromatic carbocycles. The van der Waals surface area contributed by atoms with Crippen molar-refractivity contribution in [2.45, 2.75) is 25.8 Å². The van der Waals surface area contributed by atoms with Crippen LogP contribution in [0.2, 0.25) is 0 Å². The molecule has 0 amide bonds. The number of hydrogen-bond acceptors (Lipinski definition) is 4. The first-order chi connectivity index (χ1) is 9.13. The number of nitro groups is 1. The van der Waals surface area contributed by atoms with Gasteiger partial charge in [-0.25, -0.2) is 0 Å². The summed E-state index contributed by atoms with van der Waals surface area (Å²) in [5.74, 6) is 2.29. The van der Waals surface area contributed by atoms with E-state index in [4.69, 9.17) is 0 Å². The minimum Gasteiger partial charge on any atom is -0.363 e. The number of rotatable bonds is 4. The maximum Gasteiger partial charge on any atom is 0.293 e. The van der Waals surface area contributed by atoms with Gasteiger partial charge in [-0.05, 0) is 43.4 Å². The lowest BCUT2D eigenvalue weighted by molar-refractivity contribution is -0.384. The second-order valence-corrected chi connectivity index (χ2v) is 6.66. The number of thioether (sulfide) groups is 1. The summed E-state index contributed by atoms with van der Waals surface area (Å²) in [5, 5.41) is 11.2. The van der Waals surface area contributed by atoms with Crippen molar-refractivity contribution in [2.24, 2.45) is 0 Å². The largest absolute Gasteiger partial charge is 0.363 e. The topological polar surface area (TPSA) is 46.4 Å². The molecule has 1 fully saturated rings. The minimum atomic E-state index is -0.291. The first-order valence-electron chi connectivity index (χ1n) is 6.41. The fourth-order valence-electron chi connectivity index (χ4n) is 2.51. The van der Waals surface area contributed by atoms with Crippen molar-refractivity contribution in [1.29, 1.82) is 0 Å². The van der Waals surface area contributed by atoms with Gasteiger partial charge in [0.1, 0.15) is 5.69 Å². The van der Waals surface area contributed by atoms with Crippen molar-refractivity contribution in [3.05, 3.63) is 32.8 Å². The van der Waals surface area contributed by atoms with Crippen molar-refractivity contribution < 1.29 is 4.92 Å². The van der Waals surface area contributed by atoms with Crippen LogP contribution in [0.25, 0.3) is 0 Å². The second-order valence-electron chi connectivity index (χ2n) is 4.52. The van der Waals surface area contributed by atoms with Gasteiger partial charge in [0.15, 0.2) is 0 Å². The van der Waals surface area contributed by atoms with E-state index < -0.39 is 0 Å².